The molecule has 4 aromatic rings. The molecular weight excluding hydrogens is 707 g/mol. The number of ether oxygens (including phenoxy) is 2. The van der Waals surface area contributed by atoms with Crippen LogP contribution in [-0.4, -0.2) is 68.2 Å². The molecule has 4 aliphatic rings. The van der Waals surface area contributed by atoms with Crippen LogP contribution in [0.4, 0.5) is 17.1 Å². The second-order valence-corrected chi connectivity index (χ2v) is 20.6. The highest BCUT2D eigenvalue weighted by Crippen LogP contribution is 2.60. The van der Waals surface area contributed by atoms with Crippen LogP contribution in [0.3, 0.4) is 0 Å². The monoisotopic (exact) mass is 755 g/mol. The molecule has 1 spiro atoms. The summed E-state index contributed by atoms with van der Waals surface area (Å²) in [5.41, 5.74) is 4.68. The van der Waals surface area contributed by atoms with Gasteiger partial charge in [-0.15, -0.1) is 6.58 Å². The molecule has 10 heteroatoms. The number of hydrogen-bond acceptors (Lipinski definition) is 6. The molecule has 3 amide bonds. The van der Waals surface area contributed by atoms with E-state index in [0.29, 0.717) is 37.1 Å². The summed E-state index contributed by atoms with van der Waals surface area (Å²) >= 11 is 0. The predicted octanol–water partition coefficient (Wildman–Crippen LogP) is 6.39. The van der Waals surface area contributed by atoms with Crippen molar-refractivity contribution in [1.29, 1.82) is 0 Å². The molecule has 0 aromatic heterocycles. The SMILES string of the molecule is C=CCN1C(=O)[C@]2(O[C@H](CC(=O)N3Cc4ccccc4C[C@H]3CO)[C@@H]([Si](C)(C)c3ccc(OC)cc3)[C@@H]2C)c2cc(N3C(=O)CCc4ccccc43)ccc21. The second kappa shape index (κ2) is 14.2. The normalized spacial score (nSPS) is 24.5. The van der Waals surface area contributed by atoms with Crippen LogP contribution in [0.15, 0.2) is 104 Å². The number of aliphatic hydroxyl groups excluding tert-OH is 1. The molecule has 55 heavy (non-hydrogen) atoms. The fourth-order valence-electron chi connectivity index (χ4n) is 9.99. The van der Waals surface area contributed by atoms with E-state index in [9.17, 15) is 14.7 Å². The first kappa shape index (κ1) is 36.9. The molecule has 1 saturated heterocycles. The van der Waals surface area contributed by atoms with Gasteiger partial charge in [0, 0.05) is 36.7 Å². The lowest BCUT2D eigenvalue weighted by Gasteiger charge is -2.39. The van der Waals surface area contributed by atoms with Crippen LogP contribution in [0.2, 0.25) is 18.6 Å². The molecule has 4 heterocycles. The summed E-state index contributed by atoms with van der Waals surface area (Å²) in [6, 6.07) is 29.7. The number of hydrogen-bond donors (Lipinski definition) is 1. The van der Waals surface area contributed by atoms with Gasteiger partial charge in [-0.2, -0.15) is 0 Å². The average Bonchev–Trinajstić information content (AvgIpc) is 3.62. The number of benzene rings is 4. The van der Waals surface area contributed by atoms with Crippen LogP contribution >= 0.6 is 0 Å². The number of fused-ring (bicyclic) bond motifs is 4. The number of rotatable bonds is 9. The molecule has 284 valence electrons. The third kappa shape index (κ3) is 5.93. The molecule has 4 aromatic carbocycles. The summed E-state index contributed by atoms with van der Waals surface area (Å²) in [4.78, 5) is 48.7. The Labute approximate surface area is 324 Å². The highest BCUT2D eigenvalue weighted by molar-refractivity contribution is 6.91. The van der Waals surface area contributed by atoms with Crippen LogP contribution in [0.25, 0.3) is 0 Å². The first-order valence-electron chi connectivity index (χ1n) is 19.3. The van der Waals surface area contributed by atoms with Crippen LogP contribution in [0.5, 0.6) is 5.75 Å². The smallest absolute Gasteiger partial charge is 0.264 e. The maximum Gasteiger partial charge on any atom is 0.264 e. The molecular formula is C45H49N3O6Si. The van der Waals surface area contributed by atoms with Gasteiger partial charge in [-0.3, -0.25) is 19.3 Å². The third-order valence-electron chi connectivity index (χ3n) is 12.7. The van der Waals surface area contributed by atoms with Crippen molar-refractivity contribution < 1.29 is 29.0 Å². The Morgan fingerprint density at radius 1 is 0.964 bits per heavy atom. The Bertz CT molecular complexity index is 2170. The van der Waals surface area contributed by atoms with Gasteiger partial charge in [0.25, 0.3) is 5.91 Å². The fraction of sp³-hybridized carbons (Fsp3) is 0.356. The number of anilines is 3. The zero-order valence-corrected chi connectivity index (χ0v) is 33.0. The molecule has 0 saturated carbocycles. The number of aryl methyl sites for hydroxylation is 1. The minimum Gasteiger partial charge on any atom is -0.497 e. The summed E-state index contributed by atoms with van der Waals surface area (Å²) in [6.45, 7) is 11.2. The standard InChI is InChI=1S/C45H49N3O6Si/c1-6-23-46-39-21-16-33(48-38-14-10-9-11-30(38)15-22-41(48)50)25-37(39)45(44(46)52)29(2)43(55(4,5)36-19-17-35(53-3)18-20-36)40(54-45)26-42(51)47-27-32-13-8-7-12-31(32)24-34(47)28-49/h6-14,16-21,25,29,34,40,43,49H,1,15,22-24,26-28H2,2-5H3/t29-,34-,40+,43-,45+/m0/s1. The van der Waals surface area contributed by atoms with Gasteiger partial charge in [-0.25, -0.2) is 0 Å². The van der Waals surface area contributed by atoms with E-state index < -0.39 is 19.8 Å². The van der Waals surface area contributed by atoms with E-state index in [0.717, 1.165) is 33.8 Å². The summed E-state index contributed by atoms with van der Waals surface area (Å²) in [5, 5.41) is 11.7. The first-order chi connectivity index (χ1) is 26.5. The molecule has 4 aliphatic heterocycles. The van der Waals surface area contributed by atoms with Gasteiger partial charge in [0.15, 0.2) is 5.60 Å². The maximum atomic E-state index is 15.1. The zero-order valence-electron chi connectivity index (χ0n) is 32.0. The van der Waals surface area contributed by atoms with E-state index in [1.165, 1.54) is 5.19 Å². The van der Waals surface area contributed by atoms with Crippen molar-refractivity contribution in [3.05, 3.63) is 126 Å². The van der Waals surface area contributed by atoms with Crippen molar-refractivity contribution in [2.24, 2.45) is 5.92 Å². The number of aliphatic hydroxyl groups is 1. The van der Waals surface area contributed by atoms with Gasteiger partial charge in [0.1, 0.15) is 5.75 Å². The largest absolute Gasteiger partial charge is 0.497 e. The van der Waals surface area contributed by atoms with Crippen LogP contribution < -0.4 is 19.7 Å². The Morgan fingerprint density at radius 2 is 1.67 bits per heavy atom. The van der Waals surface area contributed by atoms with Crippen LogP contribution in [0.1, 0.15) is 42.0 Å². The molecule has 5 atom stereocenters. The summed E-state index contributed by atoms with van der Waals surface area (Å²) in [6.07, 6.45) is 2.80. The topological polar surface area (TPSA) is 99.6 Å². The van der Waals surface area contributed by atoms with Gasteiger partial charge < -0.3 is 24.4 Å². The van der Waals surface area contributed by atoms with E-state index >= 15 is 4.79 Å². The number of carbonyl (C=O) groups is 3. The highest BCUT2D eigenvalue weighted by atomic mass is 28.3. The maximum absolute atomic E-state index is 15.1. The van der Waals surface area contributed by atoms with E-state index in [-0.39, 0.29) is 54.8 Å². The van der Waals surface area contributed by atoms with Gasteiger partial charge in [0.2, 0.25) is 11.8 Å². The van der Waals surface area contributed by atoms with Crippen molar-refractivity contribution in [3.8, 4) is 5.75 Å². The van der Waals surface area contributed by atoms with Gasteiger partial charge >= 0.3 is 0 Å². The van der Waals surface area contributed by atoms with E-state index in [1.807, 2.05) is 66.7 Å². The molecule has 1 N–H and O–H groups in total. The number of nitrogens with zero attached hydrogens (tertiary/aromatic N) is 3. The molecule has 0 radical (unpaired) electrons. The van der Waals surface area contributed by atoms with Crippen molar-refractivity contribution in [1.82, 2.24) is 4.90 Å². The lowest BCUT2D eigenvalue weighted by molar-refractivity contribution is -0.150. The van der Waals surface area contributed by atoms with Crippen molar-refractivity contribution in [3.63, 3.8) is 0 Å². The summed E-state index contributed by atoms with van der Waals surface area (Å²) in [7, 11) is -0.903. The molecule has 9 nitrogen and oxygen atoms in total. The minimum absolute atomic E-state index is 0.00343. The Kier molecular flexibility index (Phi) is 9.55. The van der Waals surface area contributed by atoms with E-state index in [1.54, 1.807) is 27.9 Å². The number of methoxy groups -OCH3 is 1. The number of para-hydroxylation sites is 1. The van der Waals surface area contributed by atoms with E-state index in [2.05, 4.69) is 50.9 Å². The highest BCUT2D eigenvalue weighted by Gasteiger charge is 2.66. The van der Waals surface area contributed by atoms with Crippen LogP contribution in [0, 0.1) is 5.92 Å². The van der Waals surface area contributed by atoms with Gasteiger partial charge in [-0.1, -0.05) is 85.9 Å². The van der Waals surface area contributed by atoms with Crippen molar-refractivity contribution in [2.45, 2.75) is 75.5 Å². The summed E-state index contributed by atoms with van der Waals surface area (Å²) in [5.74, 6) is 0.123. The lowest BCUT2D eigenvalue weighted by Crippen LogP contribution is -2.52. The van der Waals surface area contributed by atoms with E-state index in [4.69, 9.17) is 9.47 Å². The van der Waals surface area contributed by atoms with Crippen molar-refractivity contribution in [2.75, 3.05) is 30.1 Å². The Hall–Kier alpha value is -5.03. The third-order valence-corrected chi connectivity index (χ3v) is 17.1. The molecule has 0 unspecified atom stereocenters. The van der Waals surface area contributed by atoms with Crippen LogP contribution in [-0.2, 0) is 44.1 Å². The summed E-state index contributed by atoms with van der Waals surface area (Å²) < 4.78 is 12.8. The molecule has 1 fully saturated rings. The molecule has 8 rings (SSSR count). The first-order valence-corrected chi connectivity index (χ1v) is 22.4. The average molecular weight is 756 g/mol. The Balaban J connectivity index is 1.24. The minimum atomic E-state index is -2.55. The second-order valence-electron chi connectivity index (χ2n) is 16.0. The van der Waals surface area contributed by atoms with Crippen molar-refractivity contribution >= 4 is 48.0 Å². The fourth-order valence-corrected chi connectivity index (χ4v) is 14.0. The van der Waals surface area contributed by atoms with Gasteiger partial charge in [0.05, 0.1) is 51.7 Å². The zero-order chi connectivity index (χ0) is 38.6. The van der Waals surface area contributed by atoms with Gasteiger partial charge in [-0.05, 0) is 71.5 Å². The number of amides is 3. The molecule has 0 aliphatic carbocycles. The predicted molar refractivity (Wildman–Crippen MR) is 217 cm³/mol. The lowest BCUT2D eigenvalue weighted by atomic mass is 9.82. The Morgan fingerprint density at radius 3 is 2.38 bits per heavy atom. The molecule has 0 bridgehead atoms. The quantitative estimate of drug-likeness (QED) is 0.157. The number of carbonyl (C=O) groups excluding carboxylic acids is 3.